The molecule has 1 aliphatic heterocycles. The quantitative estimate of drug-likeness (QED) is 0.933. The second-order valence-electron chi connectivity index (χ2n) is 5.54. The highest BCUT2D eigenvalue weighted by atomic mass is 16.1. The first-order valence-electron chi connectivity index (χ1n) is 7.47. The van der Waals surface area contributed by atoms with Crippen LogP contribution in [0.5, 0.6) is 0 Å². The zero-order valence-electron chi connectivity index (χ0n) is 12.1. The molecule has 0 fully saturated rings. The van der Waals surface area contributed by atoms with Crippen LogP contribution in [0.3, 0.4) is 0 Å². The molecule has 4 nitrogen and oxygen atoms in total. The van der Waals surface area contributed by atoms with Crippen molar-refractivity contribution in [3.05, 3.63) is 35.8 Å². The average Bonchev–Trinajstić information content (AvgIpc) is 2.75. The largest absolute Gasteiger partial charge is 0.350 e. The first-order valence-corrected chi connectivity index (χ1v) is 7.47. The van der Waals surface area contributed by atoms with E-state index in [4.69, 9.17) is 4.98 Å². The van der Waals surface area contributed by atoms with Gasteiger partial charge in [0.05, 0.1) is 17.9 Å². The van der Waals surface area contributed by atoms with Gasteiger partial charge in [0, 0.05) is 18.5 Å². The van der Waals surface area contributed by atoms with E-state index in [1.54, 1.807) is 0 Å². The Morgan fingerprint density at radius 2 is 2.20 bits per heavy atom. The van der Waals surface area contributed by atoms with E-state index in [1.807, 2.05) is 18.2 Å². The van der Waals surface area contributed by atoms with Gasteiger partial charge in [-0.25, -0.2) is 4.98 Å². The van der Waals surface area contributed by atoms with Gasteiger partial charge in [0.15, 0.2) is 0 Å². The fourth-order valence-electron chi connectivity index (χ4n) is 3.38. The first kappa shape index (κ1) is 13.2. The smallest absolute Gasteiger partial charge is 0.221 e. The molecule has 3 rings (SSSR count). The van der Waals surface area contributed by atoms with E-state index in [9.17, 15) is 4.79 Å². The molecular weight excluding hydrogens is 250 g/mol. The van der Waals surface area contributed by atoms with E-state index >= 15 is 0 Å². The Labute approximate surface area is 119 Å². The summed E-state index contributed by atoms with van der Waals surface area (Å²) in [4.78, 5) is 16.7. The molecule has 0 unspecified atom stereocenters. The van der Waals surface area contributed by atoms with Crippen LogP contribution < -0.4 is 5.32 Å². The van der Waals surface area contributed by atoms with Crippen LogP contribution in [0, 0.1) is 5.92 Å². The number of imidazole rings is 1. The van der Waals surface area contributed by atoms with E-state index in [0.29, 0.717) is 18.9 Å². The Morgan fingerprint density at radius 3 is 2.95 bits per heavy atom. The van der Waals surface area contributed by atoms with Crippen molar-refractivity contribution in [2.24, 2.45) is 5.92 Å². The summed E-state index contributed by atoms with van der Waals surface area (Å²) in [5.41, 5.74) is 3.23. The number of nitrogens with one attached hydrogen (secondary N) is 1. The number of aromatic nitrogens is 2. The molecule has 0 radical (unpaired) electrons. The fraction of sp³-hybridized carbons (Fsp3) is 0.500. The van der Waals surface area contributed by atoms with Crippen LogP contribution in [0.25, 0.3) is 5.65 Å². The maximum Gasteiger partial charge on any atom is 0.221 e. The maximum absolute atomic E-state index is 12.0. The number of carbonyl (C=O) groups excluding carboxylic acids is 1. The van der Waals surface area contributed by atoms with E-state index < -0.39 is 0 Å². The van der Waals surface area contributed by atoms with Crippen molar-refractivity contribution in [2.45, 2.75) is 45.6 Å². The molecule has 0 aliphatic carbocycles. The third-order valence-electron chi connectivity index (χ3n) is 4.47. The Hall–Kier alpha value is -1.84. The number of hydrogen-bond donors (Lipinski definition) is 1. The molecule has 0 bridgehead atoms. The summed E-state index contributed by atoms with van der Waals surface area (Å²) in [7, 11) is 0. The minimum absolute atomic E-state index is 0.143. The highest BCUT2D eigenvalue weighted by molar-refractivity contribution is 5.77. The topological polar surface area (TPSA) is 46.4 Å². The summed E-state index contributed by atoms with van der Waals surface area (Å²) in [6.45, 7) is 4.96. The number of rotatable bonds is 3. The molecule has 1 N–H and O–H groups in total. The lowest BCUT2D eigenvalue weighted by molar-refractivity contribution is -0.121. The van der Waals surface area contributed by atoms with Gasteiger partial charge in [0.2, 0.25) is 5.91 Å². The van der Waals surface area contributed by atoms with Crippen molar-refractivity contribution in [3.63, 3.8) is 0 Å². The molecule has 2 aromatic rings. The van der Waals surface area contributed by atoms with Gasteiger partial charge in [0.25, 0.3) is 0 Å². The molecule has 0 aromatic carbocycles. The Kier molecular flexibility index (Phi) is 3.47. The number of hydrogen-bond acceptors (Lipinski definition) is 2. The van der Waals surface area contributed by atoms with Crippen LogP contribution in [-0.4, -0.2) is 15.3 Å². The van der Waals surface area contributed by atoms with Gasteiger partial charge in [-0.2, -0.15) is 0 Å². The summed E-state index contributed by atoms with van der Waals surface area (Å²) in [6, 6.07) is 6.06. The van der Waals surface area contributed by atoms with Crippen LogP contribution in [0.1, 0.15) is 50.4 Å². The molecule has 0 saturated heterocycles. The number of pyridine rings is 1. The lowest BCUT2D eigenvalue weighted by Crippen LogP contribution is -2.23. The predicted molar refractivity (Wildman–Crippen MR) is 78.5 cm³/mol. The van der Waals surface area contributed by atoms with Gasteiger partial charge in [0.1, 0.15) is 5.65 Å². The van der Waals surface area contributed by atoms with Gasteiger partial charge in [-0.05, 0) is 18.1 Å². The summed E-state index contributed by atoms with van der Waals surface area (Å²) >= 11 is 0. The molecule has 0 spiro atoms. The van der Waals surface area contributed by atoms with Gasteiger partial charge in [-0.1, -0.05) is 32.8 Å². The molecule has 4 heteroatoms. The maximum atomic E-state index is 12.0. The van der Waals surface area contributed by atoms with Gasteiger partial charge in [-0.3, -0.25) is 4.79 Å². The molecule has 1 aliphatic rings. The van der Waals surface area contributed by atoms with Crippen molar-refractivity contribution in [2.75, 3.05) is 0 Å². The van der Waals surface area contributed by atoms with Crippen LogP contribution in [0.4, 0.5) is 0 Å². The summed E-state index contributed by atoms with van der Waals surface area (Å²) < 4.78 is 2.17. The van der Waals surface area contributed by atoms with Crippen LogP contribution in [0.15, 0.2) is 24.4 Å². The lowest BCUT2D eigenvalue weighted by atomic mass is 9.82. The Balaban J connectivity index is 2.17. The third kappa shape index (κ3) is 2.09. The zero-order chi connectivity index (χ0) is 14.1. The SMILES string of the molecule is CCC(CC)[C@@H]1CC(=O)NCc2nc3ccccn3c21. The molecule has 1 atom stereocenters. The van der Waals surface area contributed by atoms with Crippen LogP contribution in [0.2, 0.25) is 0 Å². The highest BCUT2D eigenvalue weighted by Crippen LogP contribution is 2.36. The normalized spacial score (nSPS) is 18.9. The molecule has 20 heavy (non-hydrogen) atoms. The highest BCUT2D eigenvalue weighted by Gasteiger charge is 2.31. The van der Waals surface area contributed by atoms with Crippen molar-refractivity contribution in [1.29, 1.82) is 0 Å². The molecule has 1 amide bonds. The van der Waals surface area contributed by atoms with E-state index in [-0.39, 0.29) is 11.8 Å². The fourth-order valence-corrected chi connectivity index (χ4v) is 3.38. The number of amides is 1. The molecule has 3 heterocycles. The number of carbonyl (C=O) groups is 1. The van der Waals surface area contributed by atoms with Crippen molar-refractivity contribution in [1.82, 2.24) is 14.7 Å². The van der Waals surface area contributed by atoms with Gasteiger partial charge < -0.3 is 9.72 Å². The minimum atomic E-state index is 0.143. The summed E-state index contributed by atoms with van der Waals surface area (Å²) in [5.74, 6) is 0.933. The monoisotopic (exact) mass is 271 g/mol. The number of nitrogens with zero attached hydrogens (tertiary/aromatic N) is 2. The van der Waals surface area contributed by atoms with Crippen LogP contribution in [-0.2, 0) is 11.3 Å². The van der Waals surface area contributed by atoms with Crippen molar-refractivity contribution in [3.8, 4) is 0 Å². The predicted octanol–water partition coefficient (Wildman–Crippen LogP) is 2.87. The van der Waals surface area contributed by atoms with E-state index in [0.717, 1.165) is 24.2 Å². The standard InChI is InChI=1S/C16H21N3O/c1-3-11(4-2)12-9-15(20)17-10-13-16(12)19-8-6-5-7-14(19)18-13/h5-8,11-12H,3-4,9-10H2,1-2H3,(H,17,20)/t12-/m0/s1. The second kappa shape index (κ2) is 5.27. The zero-order valence-corrected chi connectivity index (χ0v) is 12.1. The first-order chi connectivity index (χ1) is 9.74. The van der Waals surface area contributed by atoms with E-state index in [1.165, 1.54) is 5.69 Å². The number of fused-ring (bicyclic) bond motifs is 3. The molecule has 0 saturated carbocycles. The Bertz CT molecular complexity index is 628. The van der Waals surface area contributed by atoms with Crippen LogP contribution >= 0.6 is 0 Å². The second-order valence-corrected chi connectivity index (χ2v) is 5.54. The minimum Gasteiger partial charge on any atom is -0.350 e. The summed E-state index contributed by atoms with van der Waals surface area (Å²) in [5, 5.41) is 2.98. The van der Waals surface area contributed by atoms with Crippen molar-refractivity contribution >= 4 is 11.6 Å². The third-order valence-corrected chi connectivity index (χ3v) is 4.47. The average molecular weight is 271 g/mol. The van der Waals surface area contributed by atoms with Gasteiger partial charge in [-0.15, -0.1) is 0 Å². The van der Waals surface area contributed by atoms with Gasteiger partial charge >= 0.3 is 0 Å². The molecule has 106 valence electrons. The lowest BCUT2D eigenvalue weighted by Gasteiger charge is -2.23. The Morgan fingerprint density at radius 1 is 1.40 bits per heavy atom. The summed E-state index contributed by atoms with van der Waals surface area (Å²) in [6.07, 6.45) is 4.82. The van der Waals surface area contributed by atoms with Crippen molar-refractivity contribution < 1.29 is 4.79 Å². The molecular formula is C16H21N3O. The molecule has 2 aromatic heterocycles. The van der Waals surface area contributed by atoms with E-state index in [2.05, 4.69) is 29.8 Å².